The van der Waals surface area contributed by atoms with Gasteiger partial charge in [0.05, 0.1) is 5.92 Å². The molecule has 0 aliphatic rings. The van der Waals surface area contributed by atoms with E-state index in [0.29, 0.717) is 12.8 Å². The summed E-state index contributed by atoms with van der Waals surface area (Å²) in [5.41, 5.74) is 0.828. The molecule has 0 aromatic heterocycles. The zero-order chi connectivity index (χ0) is 13.0. The average molecular weight is 244 g/mol. The normalized spacial score (nSPS) is 12.5. The second kappa shape index (κ2) is 5.65. The Morgan fingerprint density at radius 1 is 1.11 bits per heavy atom. The maximum Gasteiger partial charge on any atom is 0.310 e. The number of aliphatic hydroxyl groups excluding tert-OH is 1. The number of hydrogen-bond donors (Lipinski definition) is 2. The number of aliphatic carboxylic acids is 1. The topological polar surface area (TPSA) is 57.5 Å². The molecule has 2 N–H and O–H groups in total. The Morgan fingerprint density at radius 3 is 2.56 bits per heavy atom. The first kappa shape index (κ1) is 12.6. The fourth-order valence-corrected chi connectivity index (χ4v) is 2.26. The molecule has 2 rings (SSSR count). The van der Waals surface area contributed by atoms with Crippen LogP contribution in [0.5, 0.6) is 0 Å². The summed E-state index contributed by atoms with van der Waals surface area (Å²) >= 11 is 0. The van der Waals surface area contributed by atoms with E-state index in [4.69, 9.17) is 5.11 Å². The minimum atomic E-state index is -0.834. The van der Waals surface area contributed by atoms with E-state index in [9.17, 15) is 9.90 Å². The monoisotopic (exact) mass is 244 g/mol. The summed E-state index contributed by atoms with van der Waals surface area (Å²) < 4.78 is 0. The molecule has 2 aromatic carbocycles. The Balaban J connectivity index is 2.46. The molecule has 2 aromatic rings. The van der Waals surface area contributed by atoms with Crippen molar-refractivity contribution in [3.63, 3.8) is 0 Å². The smallest absolute Gasteiger partial charge is 0.310 e. The number of rotatable bonds is 5. The lowest BCUT2D eigenvalue weighted by Gasteiger charge is -2.14. The van der Waals surface area contributed by atoms with Crippen LogP contribution in [0.15, 0.2) is 42.5 Å². The highest BCUT2D eigenvalue weighted by molar-refractivity contribution is 5.90. The highest BCUT2D eigenvalue weighted by atomic mass is 16.4. The van der Waals surface area contributed by atoms with Crippen molar-refractivity contribution >= 4 is 16.7 Å². The minimum Gasteiger partial charge on any atom is -0.481 e. The molecule has 0 aliphatic heterocycles. The van der Waals surface area contributed by atoms with Crippen LogP contribution in [0.2, 0.25) is 0 Å². The van der Waals surface area contributed by atoms with E-state index in [1.165, 1.54) is 0 Å². The van der Waals surface area contributed by atoms with Crippen LogP contribution in [0.4, 0.5) is 0 Å². The van der Waals surface area contributed by atoms with Crippen molar-refractivity contribution in [2.24, 2.45) is 0 Å². The van der Waals surface area contributed by atoms with Crippen LogP contribution in [0, 0.1) is 0 Å². The number of fused-ring (bicyclic) bond motifs is 1. The van der Waals surface area contributed by atoms with Crippen LogP contribution < -0.4 is 0 Å². The summed E-state index contributed by atoms with van der Waals surface area (Å²) in [7, 11) is 0. The number of aliphatic hydroxyl groups is 1. The SMILES string of the molecule is O=C(O)C(CCCO)c1cccc2ccccc12. The standard InChI is InChI=1S/C15H16O3/c16-10-4-9-14(15(17)18)13-8-3-6-11-5-1-2-7-12(11)13/h1-3,5-8,14,16H,4,9-10H2,(H,17,18). The lowest BCUT2D eigenvalue weighted by Crippen LogP contribution is -2.12. The Hall–Kier alpha value is -1.87. The van der Waals surface area contributed by atoms with E-state index < -0.39 is 11.9 Å². The lowest BCUT2D eigenvalue weighted by atomic mass is 9.90. The zero-order valence-corrected chi connectivity index (χ0v) is 10.0. The molecule has 0 aliphatic carbocycles. The van der Waals surface area contributed by atoms with Gasteiger partial charge in [-0.1, -0.05) is 42.5 Å². The second-order valence-corrected chi connectivity index (χ2v) is 4.33. The largest absolute Gasteiger partial charge is 0.481 e. The van der Waals surface area contributed by atoms with Crippen LogP contribution >= 0.6 is 0 Å². The summed E-state index contributed by atoms with van der Waals surface area (Å²) in [6.07, 6.45) is 0.958. The maximum atomic E-state index is 11.4. The zero-order valence-electron chi connectivity index (χ0n) is 10.0. The average Bonchev–Trinajstić information content (AvgIpc) is 2.39. The molecule has 0 saturated heterocycles. The highest BCUT2D eigenvalue weighted by Gasteiger charge is 2.20. The first-order valence-corrected chi connectivity index (χ1v) is 6.05. The van der Waals surface area contributed by atoms with E-state index in [1.54, 1.807) is 0 Å². The molecular formula is C15H16O3. The summed E-state index contributed by atoms with van der Waals surface area (Å²) in [5.74, 6) is -1.39. The van der Waals surface area contributed by atoms with Gasteiger partial charge in [0.15, 0.2) is 0 Å². The van der Waals surface area contributed by atoms with E-state index in [0.717, 1.165) is 16.3 Å². The number of carboxylic acids is 1. The number of hydrogen-bond acceptors (Lipinski definition) is 2. The van der Waals surface area contributed by atoms with Crippen LogP contribution in [-0.4, -0.2) is 22.8 Å². The van der Waals surface area contributed by atoms with Crippen molar-refractivity contribution in [3.8, 4) is 0 Å². The van der Waals surface area contributed by atoms with E-state index in [-0.39, 0.29) is 6.61 Å². The predicted octanol–water partition coefficient (Wildman–Crippen LogP) is 2.78. The van der Waals surface area contributed by atoms with E-state index >= 15 is 0 Å². The lowest BCUT2D eigenvalue weighted by molar-refractivity contribution is -0.139. The third-order valence-corrected chi connectivity index (χ3v) is 3.15. The molecule has 18 heavy (non-hydrogen) atoms. The number of benzene rings is 2. The Kier molecular flexibility index (Phi) is 3.95. The molecule has 0 spiro atoms. The van der Waals surface area contributed by atoms with Gasteiger partial charge in [-0.15, -0.1) is 0 Å². The van der Waals surface area contributed by atoms with Gasteiger partial charge in [0.1, 0.15) is 0 Å². The van der Waals surface area contributed by atoms with Gasteiger partial charge >= 0.3 is 5.97 Å². The van der Waals surface area contributed by atoms with Gasteiger partial charge in [-0.3, -0.25) is 4.79 Å². The van der Waals surface area contributed by atoms with Crippen molar-refractivity contribution in [2.75, 3.05) is 6.61 Å². The predicted molar refractivity (Wildman–Crippen MR) is 70.6 cm³/mol. The van der Waals surface area contributed by atoms with E-state index in [1.807, 2.05) is 42.5 Å². The van der Waals surface area contributed by atoms with Crippen molar-refractivity contribution in [3.05, 3.63) is 48.0 Å². The van der Waals surface area contributed by atoms with Crippen LogP contribution in [-0.2, 0) is 4.79 Å². The molecule has 1 unspecified atom stereocenters. The molecule has 0 radical (unpaired) electrons. The molecule has 0 bridgehead atoms. The maximum absolute atomic E-state index is 11.4. The van der Waals surface area contributed by atoms with Crippen LogP contribution in [0.25, 0.3) is 10.8 Å². The van der Waals surface area contributed by atoms with Gasteiger partial charge in [0.25, 0.3) is 0 Å². The molecule has 0 fully saturated rings. The van der Waals surface area contributed by atoms with Crippen molar-refractivity contribution in [1.82, 2.24) is 0 Å². The fraction of sp³-hybridized carbons (Fsp3) is 0.267. The summed E-state index contributed by atoms with van der Waals surface area (Å²) in [6, 6.07) is 13.5. The fourth-order valence-electron chi connectivity index (χ4n) is 2.26. The molecule has 94 valence electrons. The van der Waals surface area contributed by atoms with Crippen LogP contribution in [0.3, 0.4) is 0 Å². The van der Waals surface area contributed by atoms with Gasteiger partial charge in [-0.2, -0.15) is 0 Å². The molecule has 3 nitrogen and oxygen atoms in total. The number of carboxylic acid groups (broad SMARTS) is 1. The summed E-state index contributed by atoms with van der Waals surface area (Å²) in [6.45, 7) is 0.0224. The summed E-state index contributed by atoms with van der Waals surface area (Å²) in [5, 5.41) is 20.2. The van der Waals surface area contributed by atoms with E-state index in [2.05, 4.69) is 0 Å². The van der Waals surface area contributed by atoms with Crippen molar-refractivity contribution < 1.29 is 15.0 Å². The quantitative estimate of drug-likeness (QED) is 0.850. The minimum absolute atomic E-state index is 0.0224. The molecule has 0 heterocycles. The van der Waals surface area contributed by atoms with Gasteiger partial charge in [0.2, 0.25) is 0 Å². The Labute approximate surface area is 106 Å². The molecule has 0 amide bonds. The third-order valence-electron chi connectivity index (χ3n) is 3.15. The number of carbonyl (C=O) groups is 1. The first-order chi connectivity index (χ1) is 8.74. The van der Waals surface area contributed by atoms with Crippen molar-refractivity contribution in [2.45, 2.75) is 18.8 Å². The third kappa shape index (κ3) is 2.51. The Morgan fingerprint density at radius 2 is 1.83 bits per heavy atom. The van der Waals surface area contributed by atoms with Gasteiger partial charge in [-0.05, 0) is 29.2 Å². The molecule has 0 saturated carbocycles. The Bertz CT molecular complexity index is 543. The molecule has 1 atom stereocenters. The summed E-state index contributed by atoms with van der Waals surface area (Å²) in [4.78, 5) is 11.4. The molecular weight excluding hydrogens is 228 g/mol. The second-order valence-electron chi connectivity index (χ2n) is 4.33. The van der Waals surface area contributed by atoms with Crippen LogP contribution in [0.1, 0.15) is 24.3 Å². The van der Waals surface area contributed by atoms with Gasteiger partial charge in [-0.25, -0.2) is 0 Å². The van der Waals surface area contributed by atoms with Gasteiger partial charge < -0.3 is 10.2 Å². The first-order valence-electron chi connectivity index (χ1n) is 6.05. The highest BCUT2D eigenvalue weighted by Crippen LogP contribution is 2.28. The van der Waals surface area contributed by atoms with Gasteiger partial charge in [0, 0.05) is 6.61 Å². The van der Waals surface area contributed by atoms with Crippen molar-refractivity contribution in [1.29, 1.82) is 0 Å². The molecule has 3 heteroatoms.